The van der Waals surface area contributed by atoms with Gasteiger partial charge >= 0.3 is 0 Å². The summed E-state index contributed by atoms with van der Waals surface area (Å²) >= 11 is 5.17. The van der Waals surface area contributed by atoms with E-state index in [1.807, 2.05) is 36.7 Å². The molecule has 2 N–H and O–H groups in total. The zero-order chi connectivity index (χ0) is 14.5. The SMILES string of the molecule is CCN(Cc1ccncc1)c1cc(C)ccc1C(N)=S. The third-order valence-electron chi connectivity index (χ3n) is 3.26. The van der Waals surface area contributed by atoms with E-state index in [4.69, 9.17) is 18.0 Å². The van der Waals surface area contributed by atoms with Crippen LogP contribution in [0.1, 0.15) is 23.6 Å². The van der Waals surface area contributed by atoms with Gasteiger partial charge in [0.2, 0.25) is 0 Å². The predicted molar refractivity (Wildman–Crippen MR) is 88.0 cm³/mol. The number of nitrogens with zero attached hydrogens (tertiary/aromatic N) is 2. The zero-order valence-electron chi connectivity index (χ0n) is 11.8. The summed E-state index contributed by atoms with van der Waals surface area (Å²) in [6, 6.07) is 10.2. The van der Waals surface area contributed by atoms with Crippen LogP contribution < -0.4 is 10.6 Å². The predicted octanol–water partition coefficient (Wildman–Crippen LogP) is 3.05. The van der Waals surface area contributed by atoms with Gasteiger partial charge in [-0.1, -0.05) is 18.3 Å². The Bertz CT molecular complexity index is 596. The molecule has 4 heteroatoms. The Hall–Kier alpha value is -1.94. The van der Waals surface area contributed by atoms with Crippen LogP contribution in [-0.4, -0.2) is 16.5 Å². The molecule has 0 aliphatic rings. The number of hydrogen-bond acceptors (Lipinski definition) is 3. The minimum atomic E-state index is 0.438. The Balaban J connectivity index is 2.36. The van der Waals surface area contributed by atoms with Crippen molar-refractivity contribution in [2.45, 2.75) is 20.4 Å². The Kier molecular flexibility index (Phi) is 4.69. The average molecular weight is 285 g/mol. The van der Waals surface area contributed by atoms with Crippen LogP contribution in [0, 0.1) is 6.92 Å². The number of hydrogen-bond donors (Lipinski definition) is 1. The van der Waals surface area contributed by atoms with Crippen molar-refractivity contribution in [1.82, 2.24) is 4.98 Å². The maximum absolute atomic E-state index is 5.85. The summed E-state index contributed by atoms with van der Waals surface area (Å²) in [4.78, 5) is 6.76. The average Bonchev–Trinajstić information content (AvgIpc) is 2.45. The van der Waals surface area contributed by atoms with Crippen molar-refractivity contribution in [1.29, 1.82) is 0 Å². The van der Waals surface area contributed by atoms with Crippen molar-refractivity contribution in [3.05, 3.63) is 59.4 Å². The van der Waals surface area contributed by atoms with Gasteiger partial charge in [-0.15, -0.1) is 0 Å². The van der Waals surface area contributed by atoms with Gasteiger partial charge in [0.25, 0.3) is 0 Å². The first-order valence-electron chi connectivity index (χ1n) is 6.66. The number of nitrogens with two attached hydrogens (primary N) is 1. The summed E-state index contributed by atoms with van der Waals surface area (Å²) in [6.45, 7) is 5.92. The lowest BCUT2D eigenvalue weighted by atomic mass is 10.1. The highest BCUT2D eigenvalue weighted by Crippen LogP contribution is 2.24. The van der Waals surface area contributed by atoms with Gasteiger partial charge in [-0.25, -0.2) is 0 Å². The van der Waals surface area contributed by atoms with Gasteiger partial charge in [-0.3, -0.25) is 4.98 Å². The van der Waals surface area contributed by atoms with E-state index >= 15 is 0 Å². The second-order valence-electron chi connectivity index (χ2n) is 4.75. The molecule has 1 aromatic heterocycles. The summed E-state index contributed by atoms with van der Waals surface area (Å²) in [5.41, 5.74) is 10.3. The molecule has 1 heterocycles. The van der Waals surface area contributed by atoms with E-state index < -0.39 is 0 Å². The molecule has 2 rings (SSSR count). The van der Waals surface area contributed by atoms with Crippen molar-refractivity contribution >= 4 is 22.9 Å². The summed E-state index contributed by atoms with van der Waals surface area (Å²) in [5.74, 6) is 0. The van der Waals surface area contributed by atoms with Crippen molar-refractivity contribution in [3.63, 3.8) is 0 Å². The standard InChI is InChI=1S/C16H19N3S/c1-3-19(11-13-6-8-18-9-7-13)15-10-12(2)4-5-14(15)16(17)20/h4-10H,3,11H2,1-2H3,(H2,17,20). The number of thiocarbonyl (C=S) groups is 1. The highest BCUT2D eigenvalue weighted by atomic mass is 32.1. The van der Waals surface area contributed by atoms with E-state index in [2.05, 4.69) is 29.8 Å². The molecule has 3 nitrogen and oxygen atoms in total. The molecule has 0 saturated carbocycles. The second kappa shape index (κ2) is 6.48. The molecule has 0 fully saturated rings. The van der Waals surface area contributed by atoms with Crippen LogP contribution in [0.4, 0.5) is 5.69 Å². The number of anilines is 1. The van der Waals surface area contributed by atoms with E-state index in [0.717, 1.165) is 24.3 Å². The van der Waals surface area contributed by atoms with E-state index in [9.17, 15) is 0 Å². The van der Waals surface area contributed by atoms with Gasteiger partial charge < -0.3 is 10.6 Å². The lowest BCUT2D eigenvalue weighted by Gasteiger charge is -2.26. The lowest BCUT2D eigenvalue weighted by molar-refractivity contribution is 0.829. The summed E-state index contributed by atoms with van der Waals surface area (Å²) in [6.07, 6.45) is 3.63. The molecule has 1 aromatic carbocycles. The molecule has 0 spiro atoms. The first-order valence-corrected chi connectivity index (χ1v) is 7.07. The quantitative estimate of drug-likeness (QED) is 0.857. The van der Waals surface area contributed by atoms with E-state index in [-0.39, 0.29) is 0 Å². The van der Waals surface area contributed by atoms with Crippen LogP contribution in [0.3, 0.4) is 0 Å². The monoisotopic (exact) mass is 285 g/mol. The van der Waals surface area contributed by atoms with Crippen LogP contribution in [-0.2, 0) is 6.54 Å². The number of rotatable bonds is 5. The first kappa shape index (κ1) is 14.5. The smallest absolute Gasteiger partial charge is 0.106 e. The van der Waals surface area contributed by atoms with Gasteiger partial charge in [0, 0.05) is 36.7 Å². The molecule has 20 heavy (non-hydrogen) atoms. The molecule has 0 atom stereocenters. The summed E-state index contributed by atoms with van der Waals surface area (Å²) in [5, 5.41) is 0. The molecular weight excluding hydrogens is 266 g/mol. The molecule has 2 aromatic rings. The van der Waals surface area contributed by atoms with Crippen molar-refractivity contribution < 1.29 is 0 Å². The molecule has 0 saturated heterocycles. The fraction of sp³-hybridized carbons (Fsp3) is 0.250. The number of aryl methyl sites for hydroxylation is 1. The molecule has 0 aliphatic carbocycles. The largest absolute Gasteiger partial charge is 0.389 e. The molecule has 0 radical (unpaired) electrons. The lowest BCUT2D eigenvalue weighted by Crippen LogP contribution is -2.25. The molecular formula is C16H19N3S. The van der Waals surface area contributed by atoms with Crippen LogP contribution in [0.15, 0.2) is 42.7 Å². The van der Waals surface area contributed by atoms with E-state index in [1.54, 1.807) is 0 Å². The van der Waals surface area contributed by atoms with Gasteiger partial charge in [0.15, 0.2) is 0 Å². The zero-order valence-corrected chi connectivity index (χ0v) is 12.7. The van der Waals surface area contributed by atoms with Crippen molar-refractivity contribution in [2.75, 3.05) is 11.4 Å². The fourth-order valence-corrected chi connectivity index (χ4v) is 2.36. The normalized spacial score (nSPS) is 10.3. The molecule has 0 aliphatic heterocycles. The Morgan fingerprint density at radius 1 is 1.25 bits per heavy atom. The Morgan fingerprint density at radius 2 is 1.95 bits per heavy atom. The fourth-order valence-electron chi connectivity index (χ4n) is 2.19. The molecule has 104 valence electrons. The maximum atomic E-state index is 5.85. The van der Waals surface area contributed by atoms with Crippen LogP contribution in [0.2, 0.25) is 0 Å². The van der Waals surface area contributed by atoms with Crippen LogP contribution in [0.5, 0.6) is 0 Å². The number of pyridine rings is 1. The Labute approximate surface area is 125 Å². The first-order chi connectivity index (χ1) is 9.61. The van der Waals surface area contributed by atoms with Crippen LogP contribution >= 0.6 is 12.2 Å². The van der Waals surface area contributed by atoms with E-state index in [1.165, 1.54) is 11.1 Å². The summed E-state index contributed by atoms with van der Waals surface area (Å²) in [7, 11) is 0. The van der Waals surface area contributed by atoms with Crippen molar-refractivity contribution in [2.24, 2.45) is 5.73 Å². The number of aromatic nitrogens is 1. The third kappa shape index (κ3) is 3.33. The van der Waals surface area contributed by atoms with E-state index in [0.29, 0.717) is 4.99 Å². The van der Waals surface area contributed by atoms with Crippen molar-refractivity contribution in [3.8, 4) is 0 Å². The van der Waals surface area contributed by atoms with Gasteiger partial charge in [-0.05, 0) is 49.2 Å². The third-order valence-corrected chi connectivity index (χ3v) is 3.48. The van der Waals surface area contributed by atoms with Gasteiger partial charge in [0.1, 0.15) is 4.99 Å². The Morgan fingerprint density at radius 3 is 2.55 bits per heavy atom. The topological polar surface area (TPSA) is 42.2 Å². The minimum Gasteiger partial charge on any atom is -0.389 e. The highest BCUT2D eigenvalue weighted by molar-refractivity contribution is 7.80. The highest BCUT2D eigenvalue weighted by Gasteiger charge is 2.12. The molecule has 0 bridgehead atoms. The molecule has 0 amide bonds. The maximum Gasteiger partial charge on any atom is 0.106 e. The van der Waals surface area contributed by atoms with Crippen LogP contribution in [0.25, 0.3) is 0 Å². The summed E-state index contributed by atoms with van der Waals surface area (Å²) < 4.78 is 0. The van der Waals surface area contributed by atoms with Gasteiger partial charge in [0.05, 0.1) is 0 Å². The molecule has 0 unspecified atom stereocenters. The second-order valence-corrected chi connectivity index (χ2v) is 5.19. The number of benzene rings is 1. The van der Waals surface area contributed by atoms with Gasteiger partial charge in [-0.2, -0.15) is 0 Å². The minimum absolute atomic E-state index is 0.438.